The van der Waals surface area contributed by atoms with Crippen molar-refractivity contribution in [3.8, 4) is 5.75 Å². The number of hydrogen-bond acceptors (Lipinski definition) is 3. The second-order valence-electron chi connectivity index (χ2n) is 4.18. The Bertz CT molecular complexity index is 594. The molecule has 0 saturated carbocycles. The molecular formula is C15H14ClNO2. The predicted molar refractivity (Wildman–Crippen MR) is 76.9 cm³/mol. The van der Waals surface area contributed by atoms with E-state index in [9.17, 15) is 4.79 Å². The third-order valence-electron chi connectivity index (χ3n) is 2.83. The van der Waals surface area contributed by atoms with Gasteiger partial charge in [0, 0.05) is 28.3 Å². The van der Waals surface area contributed by atoms with Gasteiger partial charge in [-0.25, -0.2) is 0 Å². The Morgan fingerprint density at radius 3 is 2.53 bits per heavy atom. The number of rotatable bonds is 4. The van der Waals surface area contributed by atoms with Gasteiger partial charge in [0.15, 0.2) is 5.78 Å². The molecule has 0 saturated heterocycles. The van der Waals surface area contributed by atoms with Crippen molar-refractivity contribution >= 4 is 23.1 Å². The summed E-state index contributed by atoms with van der Waals surface area (Å²) in [5.74, 6) is 0.661. The van der Waals surface area contributed by atoms with Crippen molar-refractivity contribution in [1.82, 2.24) is 0 Å². The van der Waals surface area contributed by atoms with Crippen LogP contribution in [-0.4, -0.2) is 12.9 Å². The fraction of sp³-hybridized carbons (Fsp3) is 0.133. The Labute approximate surface area is 117 Å². The van der Waals surface area contributed by atoms with Gasteiger partial charge in [0.05, 0.1) is 7.11 Å². The van der Waals surface area contributed by atoms with Gasteiger partial charge in [-0.15, -0.1) is 0 Å². The van der Waals surface area contributed by atoms with E-state index in [4.69, 9.17) is 22.1 Å². The largest absolute Gasteiger partial charge is 0.496 e. The lowest BCUT2D eigenvalue weighted by molar-refractivity contribution is 0.0992. The highest BCUT2D eigenvalue weighted by atomic mass is 35.5. The highest BCUT2D eigenvalue weighted by molar-refractivity contribution is 6.30. The summed E-state index contributed by atoms with van der Waals surface area (Å²) in [7, 11) is 1.57. The number of anilines is 1. The van der Waals surface area contributed by atoms with E-state index in [1.54, 1.807) is 49.6 Å². The van der Waals surface area contributed by atoms with Crippen LogP contribution in [0.3, 0.4) is 0 Å². The van der Waals surface area contributed by atoms with Crippen LogP contribution in [0.15, 0.2) is 42.5 Å². The van der Waals surface area contributed by atoms with Crippen LogP contribution in [0.1, 0.15) is 15.9 Å². The first-order chi connectivity index (χ1) is 9.10. The first-order valence-corrected chi connectivity index (χ1v) is 6.19. The molecule has 0 aliphatic heterocycles. The van der Waals surface area contributed by atoms with Gasteiger partial charge in [0.1, 0.15) is 5.75 Å². The van der Waals surface area contributed by atoms with E-state index in [2.05, 4.69) is 0 Å². The minimum Gasteiger partial charge on any atom is -0.496 e. The predicted octanol–water partition coefficient (Wildman–Crippen LogP) is 3.36. The number of halogens is 1. The Balaban J connectivity index is 2.23. The van der Waals surface area contributed by atoms with E-state index in [0.29, 0.717) is 22.0 Å². The zero-order valence-electron chi connectivity index (χ0n) is 10.5. The molecule has 2 rings (SSSR count). The van der Waals surface area contributed by atoms with Crippen molar-refractivity contribution in [1.29, 1.82) is 0 Å². The summed E-state index contributed by atoms with van der Waals surface area (Å²) in [6.45, 7) is 0. The molecule has 98 valence electrons. The van der Waals surface area contributed by atoms with Gasteiger partial charge in [0.2, 0.25) is 0 Å². The second kappa shape index (κ2) is 5.76. The molecule has 4 heteroatoms. The number of ether oxygens (including phenoxy) is 1. The number of hydrogen-bond donors (Lipinski definition) is 1. The molecular weight excluding hydrogens is 262 g/mol. The molecule has 0 aromatic heterocycles. The van der Waals surface area contributed by atoms with Gasteiger partial charge < -0.3 is 10.5 Å². The molecule has 0 heterocycles. The van der Waals surface area contributed by atoms with Crippen LogP contribution < -0.4 is 10.5 Å². The van der Waals surface area contributed by atoms with E-state index >= 15 is 0 Å². The van der Waals surface area contributed by atoms with Crippen LogP contribution in [0.2, 0.25) is 5.02 Å². The zero-order valence-corrected chi connectivity index (χ0v) is 11.3. The average Bonchev–Trinajstić information content (AvgIpc) is 2.39. The minimum atomic E-state index is 0.000525. The van der Waals surface area contributed by atoms with Gasteiger partial charge in [-0.2, -0.15) is 0 Å². The standard InChI is InChI=1S/C15H14ClNO2/c1-19-15-7-4-12(16)8-11(15)9-14(18)10-2-5-13(17)6-3-10/h2-8H,9,17H2,1H3. The molecule has 19 heavy (non-hydrogen) atoms. The quantitative estimate of drug-likeness (QED) is 0.688. The second-order valence-corrected chi connectivity index (χ2v) is 4.61. The maximum absolute atomic E-state index is 12.2. The van der Waals surface area contributed by atoms with Crippen LogP contribution in [-0.2, 0) is 6.42 Å². The Kier molecular flexibility index (Phi) is 4.07. The first kappa shape index (κ1) is 13.4. The summed E-state index contributed by atoms with van der Waals surface area (Å²) in [6.07, 6.45) is 0.244. The summed E-state index contributed by atoms with van der Waals surface area (Å²) in [5, 5.41) is 0.584. The van der Waals surface area contributed by atoms with Gasteiger partial charge in [-0.1, -0.05) is 11.6 Å². The monoisotopic (exact) mass is 275 g/mol. The third-order valence-corrected chi connectivity index (χ3v) is 3.06. The molecule has 0 unspecified atom stereocenters. The summed E-state index contributed by atoms with van der Waals surface area (Å²) >= 11 is 5.94. The number of nitrogen functional groups attached to an aromatic ring is 1. The van der Waals surface area contributed by atoms with Crippen LogP contribution >= 0.6 is 11.6 Å². The Hall–Kier alpha value is -2.00. The lowest BCUT2D eigenvalue weighted by atomic mass is 10.0. The molecule has 2 aromatic rings. The van der Waals surface area contributed by atoms with Crippen molar-refractivity contribution in [2.45, 2.75) is 6.42 Å². The molecule has 0 atom stereocenters. The van der Waals surface area contributed by atoms with E-state index < -0.39 is 0 Å². The molecule has 0 amide bonds. The zero-order chi connectivity index (χ0) is 13.8. The number of methoxy groups -OCH3 is 1. The minimum absolute atomic E-state index is 0.000525. The van der Waals surface area contributed by atoms with Crippen molar-refractivity contribution in [3.05, 3.63) is 58.6 Å². The van der Waals surface area contributed by atoms with E-state index in [1.165, 1.54) is 0 Å². The van der Waals surface area contributed by atoms with Crippen molar-refractivity contribution in [3.63, 3.8) is 0 Å². The van der Waals surface area contributed by atoms with E-state index in [0.717, 1.165) is 5.56 Å². The van der Waals surface area contributed by atoms with Crippen LogP contribution in [0.5, 0.6) is 5.75 Å². The van der Waals surface area contributed by atoms with Crippen molar-refractivity contribution in [2.75, 3.05) is 12.8 Å². The molecule has 0 aliphatic rings. The lowest BCUT2D eigenvalue weighted by Gasteiger charge is -2.08. The SMILES string of the molecule is COc1ccc(Cl)cc1CC(=O)c1ccc(N)cc1. The van der Waals surface area contributed by atoms with E-state index in [1.807, 2.05) is 0 Å². The van der Waals surface area contributed by atoms with Crippen molar-refractivity contribution < 1.29 is 9.53 Å². The molecule has 0 spiro atoms. The maximum Gasteiger partial charge on any atom is 0.167 e. The molecule has 2 aromatic carbocycles. The summed E-state index contributed by atoms with van der Waals surface area (Å²) in [6, 6.07) is 12.1. The van der Waals surface area contributed by atoms with Crippen molar-refractivity contribution in [2.24, 2.45) is 0 Å². The summed E-state index contributed by atoms with van der Waals surface area (Å²) in [5.41, 5.74) is 7.63. The number of benzene rings is 2. The highest BCUT2D eigenvalue weighted by Gasteiger charge is 2.11. The number of carbonyl (C=O) groups excluding carboxylic acids is 1. The van der Waals surface area contributed by atoms with Crippen LogP contribution in [0, 0.1) is 0 Å². The smallest absolute Gasteiger partial charge is 0.167 e. The van der Waals surface area contributed by atoms with Crippen LogP contribution in [0.4, 0.5) is 5.69 Å². The topological polar surface area (TPSA) is 52.3 Å². The normalized spacial score (nSPS) is 10.2. The number of Topliss-reactive ketones (excluding diaryl/α,β-unsaturated/α-hetero) is 1. The molecule has 0 radical (unpaired) electrons. The molecule has 0 fully saturated rings. The summed E-state index contributed by atoms with van der Waals surface area (Å²) in [4.78, 5) is 12.2. The molecule has 3 nitrogen and oxygen atoms in total. The van der Waals surface area contributed by atoms with Gasteiger partial charge in [-0.3, -0.25) is 4.79 Å². The van der Waals surface area contributed by atoms with Gasteiger partial charge >= 0.3 is 0 Å². The van der Waals surface area contributed by atoms with E-state index in [-0.39, 0.29) is 12.2 Å². The maximum atomic E-state index is 12.2. The Morgan fingerprint density at radius 1 is 1.21 bits per heavy atom. The molecule has 0 bridgehead atoms. The van der Waals surface area contributed by atoms with Gasteiger partial charge in [-0.05, 0) is 42.5 Å². The average molecular weight is 276 g/mol. The first-order valence-electron chi connectivity index (χ1n) is 5.81. The highest BCUT2D eigenvalue weighted by Crippen LogP contribution is 2.24. The molecule has 2 N–H and O–H groups in total. The lowest BCUT2D eigenvalue weighted by Crippen LogP contribution is -2.05. The number of ketones is 1. The molecule has 0 aliphatic carbocycles. The number of carbonyl (C=O) groups is 1. The van der Waals surface area contributed by atoms with Gasteiger partial charge in [0.25, 0.3) is 0 Å². The fourth-order valence-corrected chi connectivity index (χ4v) is 2.02. The van der Waals surface area contributed by atoms with Crippen LogP contribution in [0.25, 0.3) is 0 Å². The third kappa shape index (κ3) is 3.26. The number of nitrogens with two attached hydrogens (primary N) is 1. The fourth-order valence-electron chi connectivity index (χ4n) is 1.83. The summed E-state index contributed by atoms with van der Waals surface area (Å²) < 4.78 is 5.23. The Morgan fingerprint density at radius 2 is 1.89 bits per heavy atom.